The fourth-order valence-corrected chi connectivity index (χ4v) is 3.39. The van der Waals surface area contributed by atoms with E-state index in [4.69, 9.17) is 0 Å². The third-order valence-corrected chi connectivity index (χ3v) is 4.36. The monoisotopic (exact) mass is 280 g/mol. The first-order chi connectivity index (χ1) is 7.77. The second-order valence-corrected chi connectivity index (χ2v) is 5.82. The average molecular weight is 281 g/mol. The molecule has 0 saturated heterocycles. The molecule has 17 heavy (non-hydrogen) atoms. The Morgan fingerprint density at radius 1 is 1.35 bits per heavy atom. The lowest BCUT2D eigenvalue weighted by molar-refractivity contribution is -0.121. The molecule has 5 heteroatoms. The number of rotatable bonds is 6. The Bertz CT molecular complexity index is 215. The van der Waals surface area contributed by atoms with E-state index in [-0.39, 0.29) is 18.3 Å². The summed E-state index contributed by atoms with van der Waals surface area (Å²) in [6, 6.07) is 0.406. The maximum absolute atomic E-state index is 11.7. The molecule has 1 saturated carbocycles. The van der Waals surface area contributed by atoms with Gasteiger partial charge >= 0.3 is 0 Å². The minimum absolute atomic E-state index is 0. The van der Waals surface area contributed by atoms with Crippen LogP contribution in [0.25, 0.3) is 0 Å². The Morgan fingerprint density at radius 2 is 2.06 bits per heavy atom. The Kier molecular flexibility index (Phi) is 10.1. The molecule has 1 rings (SSSR count). The van der Waals surface area contributed by atoms with Crippen molar-refractivity contribution in [3.63, 3.8) is 0 Å². The van der Waals surface area contributed by atoms with Crippen LogP contribution in [0.4, 0.5) is 0 Å². The van der Waals surface area contributed by atoms with Crippen LogP contribution < -0.4 is 10.6 Å². The van der Waals surface area contributed by atoms with Gasteiger partial charge in [0, 0.05) is 24.3 Å². The molecule has 1 aliphatic rings. The summed E-state index contributed by atoms with van der Waals surface area (Å²) in [5.74, 6) is 1.34. The quantitative estimate of drug-likeness (QED) is 0.784. The molecule has 102 valence electrons. The van der Waals surface area contributed by atoms with Crippen LogP contribution in [0.5, 0.6) is 0 Å². The summed E-state index contributed by atoms with van der Waals surface area (Å²) in [5.41, 5.74) is 0. The standard InChI is InChI=1S/C12H24N2OS.ClH/c1-3-16-11-7-5-4-6-10(11)14-12(15)8-9-13-2;/h10-11,13H,3-9H2,1-2H3,(H,14,15);1H. The first kappa shape index (κ1) is 17.1. The van der Waals surface area contributed by atoms with Crippen molar-refractivity contribution in [2.24, 2.45) is 0 Å². The van der Waals surface area contributed by atoms with Gasteiger partial charge in [-0.05, 0) is 25.6 Å². The third kappa shape index (κ3) is 6.53. The van der Waals surface area contributed by atoms with Crippen LogP contribution >= 0.6 is 24.2 Å². The molecule has 0 aromatic heterocycles. The predicted octanol–water partition coefficient (Wildman–Crippen LogP) is 2.20. The number of carbonyl (C=O) groups is 1. The molecule has 2 atom stereocenters. The molecule has 3 nitrogen and oxygen atoms in total. The van der Waals surface area contributed by atoms with Crippen molar-refractivity contribution in [1.82, 2.24) is 10.6 Å². The first-order valence-electron chi connectivity index (χ1n) is 6.33. The van der Waals surface area contributed by atoms with Crippen molar-refractivity contribution in [2.75, 3.05) is 19.3 Å². The second-order valence-electron chi connectivity index (χ2n) is 4.31. The summed E-state index contributed by atoms with van der Waals surface area (Å²) < 4.78 is 0. The highest BCUT2D eigenvalue weighted by Crippen LogP contribution is 2.28. The van der Waals surface area contributed by atoms with Gasteiger partial charge in [-0.1, -0.05) is 19.8 Å². The van der Waals surface area contributed by atoms with E-state index in [9.17, 15) is 4.79 Å². The van der Waals surface area contributed by atoms with Crippen molar-refractivity contribution in [3.05, 3.63) is 0 Å². The van der Waals surface area contributed by atoms with Crippen molar-refractivity contribution in [1.29, 1.82) is 0 Å². The largest absolute Gasteiger partial charge is 0.352 e. The highest BCUT2D eigenvalue weighted by molar-refractivity contribution is 7.99. The third-order valence-electron chi connectivity index (χ3n) is 3.03. The minimum Gasteiger partial charge on any atom is -0.352 e. The van der Waals surface area contributed by atoms with E-state index in [1.54, 1.807) is 0 Å². The van der Waals surface area contributed by atoms with Gasteiger partial charge in [-0.2, -0.15) is 11.8 Å². The van der Waals surface area contributed by atoms with E-state index in [1.165, 1.54) is 19.3 Å². The van der Waals surface area contributed by atoms with Crippen molar-refractivity contribution in [2.45, 2.75) is 50.3 Å². The molecule has 1 amide bonds. The molecule has 2 unspecified atom stereocenters. The van der Waals surface area contributed by atoms with Crippen LogP contribution in [0.1, 0.15) is 39.0 Å². The number of carbonyl (C=O) groups excluding carboxylic acids is 1. The van der Waals surface area contributed by atoms with Crippen LogP contribution in [-0.2, 0) is 4.79 Å². The van der Waals surface area contributed by atoms with Gasteiger partial charge in [-0.3, -0.25) is 4.79 Å². The number of hydrogen-bond acceptors (Lipinski definition) is 3. The summed E-state index contributed by atoms with van der Waals surface area (Å²) in [4.78, 5) is 11.7. The molecule has 2 N–H and O–H groups in total. The van der Waals surface area contributed by atoms with E-state index in [1.807, 2.05) is 18.8 Å². The molecular formula is C12H25ClN2OS. The molecule has 0 aromatic rings. The zero-order chi connectivity index (χ0) is 11.8. The number of hydrogen-bond donors (Lipinski definition) is 2. The van der Waals surface area contributed by atoms with Crippen LogP contribution in [0.3, 0.4) is 0 Å². The summed E-state index contributed by atoms with van der Waals surface area (Å²) in [6.45, 7) is 2.96. The highest BCUT2D eigenvalue weighted by Gasteiger charge is 2.25. The molecule has 1 fully saturated rings. The lowest BCUT2D eigenvalue weighted by Crippen LogP contribution is -2.44. The minimum atomic E-state index is 0. The van der Waals surface area contributed by atoms with E-state index in [2.05, 4.69) is 17.6 Å². The van der Waals surface area contributed by atoms with E-state index >= 15 is 0 Å². The van der Waals surface area contributed by atoms with Gasteiger partial charge in [0.2, 0.25) is 5.91 Å². The lowest BCUT2D eigenvalue weighted by atomic mass is 9.95. The molecule has 0 aliphatic heterocycles. The Hall–Kier alpha value is 0.0700. The van der Waals surface area contributed by atoms with Crippen LogP contribution in [0, 0.1) is 0 Å². The second kappa shape index (κ2) is 10.0. The smallest absolute Gasteiger partial charge is 0.221 e. The zero-order valence-electron chi connectivity index (χ0n) is 10.8. The van der Waals surface area contributed by atoms with Gasteiger partial charge in [0.1, 0.15) is 0 Å². The van der Waals surface area contributed by atoms with Crippen LogP contribution in [-0.4, -0.2) is 36.5 Å². The topological polar surface area (TPSA) is 41.1 Å². The SMILES string of the molecule is CCSC1CCCCC1NC(=O)CCNC.Cl. The fourth-order valence-electron chi connectivity index (χ4n) is 2.19. The van der Waals surface area contributed by atoms with Gasteiger partial charge in [0.15, 0.2) is 0 Å². The molecule has 0 spiro atoms. The number of amides is 1. The first-order valence-corrected chi connectivity index (χ1v) is 7.38. The lowest BCUT2D eigenvalue weighted by Gasteiger charge is -2.31. The number of thioether (sulfide) groups is 1. The Balaban J connectivity index is 0.00000256. The maximum atomic E-state index is 11.7. The Labute approximate surface area is 115 Å². The van der Waals surface area contributed by atoms with Gasteiger partial charge < -0.3 is 10.6 Å². The molecule has 0 bridgehead atoms. The van der Waals surface area contributed by atoms with Crippen LogP contribution in [0.2, 0.25) is 0 Å². The van der Waals surface area contributed by atoms with Gasteiger partial charge in [0.05, 0.1) is 0 Å². The normalized spacial score (nSPS) is 23.9. The summed E-state index contributed by atoms with van der Waals surface area (Å²) in [6.07, 6.45) is 5.59. The van der Waals surface area contributed by atoms with E-state index in [0.29, 0.717) is 17.7 Å². The van der Waals surface area contributed by atoms with Crippen LogP contribution in [0.15, 0.2) is 0 Å². The summed E-state index contributed by atoms with van der Waals surface area (Å²) in [5, 5.41) is 6.83. The van der Waals surface area contributed by atoms with Crippen molar-refractivity contribution < 1.29 is 4.79 Å². The highest BCUT2D eigenvalue weighted by atomic mass is 35.5. The molecular weight excluding hydrogens is 256 g/mol. The zero-order valence-corrected chi connectivity index (χ0v) is 12.5. The molecule has 0 heterocycles. The van der Waals surface area contributed by atoms with Gasteiger partial charge in [-0.25, -0.2) is 0 Å². The van der Waals surface area contributed by atoms with Crippen molar-refractivity contribution >= 4 is 30.1 Å². The molecule has 0 radical (unpaired) electrons. The Morgan fingerprint density at radius 3 is 2.71 bits per heavy atom. The molecule has 0 aromatic carbocycles. The van der Waals surface area contributed by atoms with Gasteiger partial charge in [0.25, 0.3) is 0 Å². The summed E-state index contributed by atoms with van der Waals surface area (Å²) in [7, 11) is 1.88. The number of nitrogens with one attached hydrogen (secondary N) is 2. The summed E-state index contributed by atoms with van der Waals surface area (Å²) >= 11 is 2.00. The maximum Gasteiger partial charge on any atom is 0.221 e. The molecule has 1 aliphatic carbocycles. The number of halogens is 1. The average Bonchev–Trinajstić information content (AvgIpc) is 2.29. The van der Waals surface area contributed by atoms with Crippen molar-refractivity contribution in [3.8, 4) is 0 Å². The van der Waals surface area contributed by atoms with E-state index < -0.39 is 0 Å². The van der Waals surface area contributed by atoms with Gasteiger partial charge in [-0.15, -0.1) is 12.4 Å². The van der Waals surface area contributed by atoms with E-state index in [0.717, 1.165) is 18.7 Å². The predicted molar refractivity (Wildman–Crippen MR) is 78.1 cm³/mol. The fraction of sp³-hybridized carbons (Fsp3) is 0.917.